The van der Waals surface area contributed by atoms with Gasteiger partial charge in [0.25, 0.3) is 0 Å². The smallest absolute Gasteiger partial charge is 0.327 e. The van der Waals surface area contributed by atoms with Crippen molar-refractivity contribution < 1.29 is 34.1 Å². The fourth-order valence-corrected chi connectivity index (χ4v) is 5.32. The third kappa shape index (κ3) is 3.50. The molecule has 3 N–H and O–H groups in total. The number of nitrogens with one attached hydrogen (secondary N) is 1. The number of benzene rings is 1. The Labute approximate surface area is 188 Å². The van der Waals surface area contributed by atoms with Crippen LogP contribution in [-0.4, -0.2) is 65.3 Å². The number of methoxy groups -OCH3 is 2. The van der Waals surface area contributed by atoms with Crippen LogP contribution in [0.1, 0.15) is 38.3 Å². The van der Waals surface area contributed by atoms with Crippen molar-refractivity contribution in [2.45, 2.75) is 44.4 Å². The van der Waals surface area contributed by atoms with Gasteiger partial charge in [-0.25, -0.2) is 0 Å². The van der Waals surface area contributed by atoms with Gasteiger partial charge < -0.3 is 19.7 Å². The van der Waals surface area contributed by atoms with E-state index in [4.69, 9.17) is 9.47 Å². The standard InChI is InChI=1S/C21H27BrN2O7/c1-5-6-7-24-18(26)14-15(19(24)27)21(10(2)25,20(28)29)23-16(14)11-8-12(22)17(31-4)13(9-11)30-3/h8-10,14-16,23,25H,5-7H2,1-4H3,(H,28,29). The molecule has 2 heterocycles. The summed E-state index contributed by atoms with van der Waals surface area (Å²) in [6.07, 6.45) is -0.0305. The first-order valence-corrected chi connectivity index (χ1v) is 10.9. The van der Waals surface area contributed by atoms with Crippen molar-refractivity contribution in [3.63, 3.8) is 0 Å². The fourth-order valence-electron chi connectivity index (χ4n) is 4.70. The molecule has 0 aliphatic carbocycles. The number of carboxylic acid groups (broad SMARTS) is 1. The van der Waals surface area contributed by atoms with E-state index in [1.807, 2.05) is 6.92 Å². The van der Waals surface area contributed by atoms with Gasteiger partial charge in [-0.15, -0.1) is 0 Å². The summed E-state index contributed by atoms with van der Waals surface area (Å²) in [5, 5.41) is 23.5. The van der Waals surface area contributed by atoms with Crippen molar-refractivity contribution in [2.24, 2.45) is 11.8 Å². The molecule has 2 fully saturated rings. The summed E-state index contributed by atoms with van der Waals surface area (Å²) < 4.78 is 11.3. The minimum absolute atomic E-state index is 0.221. The number of nitrogens with zero attached hydrogens (tertiary/aromatic N) is 1. The zero-order valence-electron chi connectivity index (χ0n) is 17.8. The number of aliphatic carboxylic acids is 1. The molecule has 31 heavy (non-hydrogen) atoms. The summed E-state index contributed by atoms with van der Waals surface area (Å²) >= 11 is 3.42. The van der Waals surface area contributed by atoms with E-state index in [-0.39, 0.29) is 6.54 Å². The topological polar surface area (TPSA) is 125 Å². The Bertz CT molecular complexity index is 906. The minimum atomic E-state index is -2.00. The Balaban J connectivity index is 2.17. The number of carboxylic acids is 1. The van der Waals surface area contributed by atoms with Gasteiger partial charge in [0, 0.05) is 12.6 Å². The number of carbonyl (C=O) groups is 3. The fraction of sp³-hybridized carbons (Fsp3) is 0.571. The van der Waals surface area contributed by atoms with Crippen molar-refractivity contribution in [1.82, 2.24) is 10.2 Å². The number of hydrogen-bond acceptors (Lipinski definition) is 7. The Morgan fingerprint density at radius 1 is 1.29 bits per heavy atom. The van der Waals surface area contributed by atoms with Gasteiger partial charge in [-0.3, -0.25) is 24.6 Å². The van der Waals surface area contributed by atoms with E-state index in [0.29, 0.717) is 28.0 Å². The number of fused-ring (bicyclic) bond motifs is 1. The molecule has 0 aromatic heterocycles. The van der Waals surface area contributed by atoms with E-state index in [1.165, 1.54) is 21.1 Å². The molecule has 1 aromatic rings. The van der Waals surface area contributed by atoms with Crippen molar-refractivity contribution in [3.8, 4) is 11.5 Å². The average molecular weight is 499 g/mol. The number of amides is 2. The number of imide groups is 1. The molecule has 10 heteroatoms. The second-order valence-corrected chi connectivity index (χ2v) is 8.75. The van der Waals surface area contributed by atoms with Crippen LogP contribution >= 0.6 is 15.9 Å². The average Bonchev–Trinajstić information content (AvgIpc) is 3.21. The second-order valence-electron chi connectivity index (χ2n) is 7.90. The molecule has 1 aromatic carbocycles. The van der Waals surface area contributed by atoms with Crippen LogP contribution in [0.2, 0.25) is 0 Å². The van der Waals surface area contributed by atoms with Crippen LogP contribution in [0.3, 0.4) is 0 Å². The highest BCUT2D eigenvalue weighted by atomic mass is 79.9. The van der Waals surface area contributed by atoms with E-state index < -0.39 is 47.3 Å². The lowest BCUT2D eigenvalue weighted by molar-refractivity contribution is -0.156. The molecule has 2 saturated heterocycles. The van der Waals surface area contributed by atoms with Crippen LogP contribution in [-0.2, 0) is 14.4 Å². The van der Waals surface area contributed by atoms with Crippen LogP contribution in [0.25, 0.3) is 0 Å². The number of likely N-dealkylation sites (tertiary alicyclic amines) is 1. The molecular weight excluding hydrogens is 472 g/mol. The quantitative estimate of drug-likeness (QED) is 0.462. The van der Waals surface area contributed by atoms with E-state index in [9.17, 15) is 24.6 Å². The molecule has 3 rings (SSSR count). The molecule has 5 atom stereocenters. The van der Waals surface area contributed by atoms with Crippen LogP contribution in [0, 0.1) is 11.8 Å². The first kappa shape index (κ1) is 23.5. The molecule has 5 unspecified atom stereocenters. The number of carbonyl (C=O) groups excluding carboxylic acids is 2. The molecule has 2 amide bonds. The second kappa shape index (κ2) is 8.76. The highest BCUT2D eigenvalue weighted by Gasteiger charge is 2.70. The number of ether oxygens (including phenoxy) is 2. The molecule has 9 nitrogen and oxygen atoms in total. The summed E-state index contributed by atoms with van der Waals surface area (Å²) in [4.78, 5) is 40.1. The Morgan fingerprint density at radius 2 is 1.97 bits per heavy atom. The van der Waals surface area contributed by atoms with Gasteiger partial charge in [-0.2, -0.15) is 0 Å². The van der Waals surface area contributed by atoms with Gasteiger partial charge in [0.2, 0.25) is 11.8 Å². The summed E-state index contributed by atoms with van der Waals surface area (Å²) in [7, 11) is 2.95. The maximum atomic E-state index is 13.3. The van der Waals surface area contributed by atoms with Crippen LogP contribution in [0.4, 0.5) is 0 Å². The Hall–Kier alpha value is -2.17. The van der Waals surface area contributed by atoms with E-state index in [2.05, 4.69) is 21.2 Å². The SMILES string of the molecule is CCCCN1C(=O)C2C(c3cc(Br)c(OC)c(OC)c3)NC(C(=O)O)(C(C)O)C2C1=O. The molecule has 0 saturated carbocycles. The summed E-state index contributed by atoms with van der Waals surface area (Å²) in [5.74, 6) is -3.75. The van der Waals surface area contributed by atoms with Gasteiger partial charge >= 0.3 is 5.97 Å². The number of halogens is 1. The van der Waals surface area contributed by atoms with Gasteiger partial charge in [0.1, 0.15) is 0 Å². The summed E-state index contributed by atoms with van der Waals surface area (Å²) in [6, 6.07) is 2.52. The third-order valence-corrected chi connectivity index (χ3v) is 6.84. The normalized spacial score (nSPS) is 28.6. The molecule has 170 valence electrons. The molecule has 2 aliphatic rings. The highest BCUT2D eigenvalue weighted by molar-refractivity contribution is 9.10. The first-order valence-electron chi connectivity index (χ1n) is 10.1. The van der Waals surface area contributed by atoms with Crippen molar-refractivity contribution in [3.05, 3.63) is 22.2 Å². The number of aliphatic hydroxyl groups is 1. The monoisotopic (exact) mass is 498 g/mol. The number of unbranched alkanes of at least 4 members (excludes halogenated alkanes) is 1. The van der Waals surface area contributed by atoms with Crippen LogP contribution < -0.4 is 14.8 Å². The predicted molar refractivity (Wildman–Crippen MR) is 114 cm³/mol. The Kier molecular flexibility index (Phi) is 6.64. The molecule has 0 spiro atoms. The van der Waals surface area contributed by atoms with Crippen molar-refractivity contribution in [2.75, 3.05) is 20.8 Å². The number of rotatable bonds is 8. The van der Waals surface area contributed by atoms with E-state index in [0.717, 1.165) is 11.3 Å². The zero-order chi connectivity index (χ0) is 23.1. The van der Waals surface area contributed by atoms with Gasteiger partial charge in [0.05, 0.1) is 36.6 Å². The summed E-state index contributed by atoms with van der Waals surface area (Å²) in [5.41, 5.74) is -1.45. The highest BCUT2D eigenvalue weighted by Crippen LogP contribution is 2.51. The predicted octanol–water partition coefficient (Wildman–Crippen LogP) is 1.72. The van der Waals surface area contributed by atoms with Gasteiger partial charge in [-0.1, -0.05) is 13.3 Å². The molecule has 0 radical (unpaired) electrons. The van der Waals surface area contributed by atoms with Gasteiger partial charge in [-0.05, 0) is 47.0 Å². The van der Waals surface area contributed by atoms with Crippen LogP contribution in [0.15, 0.2) is 16.6 Å². The maximum Gasteiger partial charge on any atom is 0.327 e. The number of hydrogen-bond donors (Lipinski definition) is 3. The molecular formula is C21H27BrN2O7. The maximum absolute atomic E-state index is 13.3. The lowest BCUT2D eigenvalue weighted by Crippen LogP contribution is -2.62. The van der Waals surface area contributed by atoms with E-state index >= 15 is 0 Å². The Morgan fingerprint density at radius 3 is 2.48 bits per heavy atom. The molecule has 0 bridgehead atoms. The molecule has 2 aliphatic heterocycles. The minimum Gasteiger partial charge on any atom is -0.493 e. The largest absolute Gasteiger partial charge is 0.493 e. The first-order chi connectivity index (χ1) is 14.6. The van der Waals surface area contributed by atoms with Crippen LogP contribution in [0.5, 0.6) is 11.5 Å². The zero-order valence-corrected chi connectivity index (χ0v) is 19.4. The summed E-state index contributed by atoms with van der Waals surface area (Å²) in [6.45, 7) is 3.48. The van der Waals surface area contributed by atoms with Gasteiger partial charge in [0.15, 0.2) is 17.0 Å². The lowest BCUT2D eigenvalue weighted by atomic mass is 9.76. The van der Waals surface area contributed by atoms with Crippen molar-refractivity contribution >= 4 is 33.7 Å². The number of aliphatic hydroxyl groups excluding tert-OH is 1. The van der Waals surface area contributed by atoms with Crippen molar-refractivity contribution in [1.29, 1.82) is 0 Å². The van der Waals surface area contributed by atoms with E-state index in [1.54, 1.807) is 12.1 Å². The third-order valence-electron chi connectivity index (χ3n) is 6.25. The lowest BCUT2D eigenvalue weighted by Gasteiger charge is -2.33.